The van der Waals surface area contributed by atoms with E-state index >= 15 is 0 Å². The van der Waals surface area contributed by atoms with E-state index in [0.717, 1.165) is 12.8 Å². The van der Waals surface area contributed by atoms with Crippen LogP contribution in [-0.4, -0.2) is 28.9 Å². The molecule has 3 rings (SSSR count). The molecule has 0 radical (unpaired) electrons. The SMILES string of the molecule is CC(C)Oc1ccccc1NC(=O)c1cccc(C(=O)NC2CC2)n1. The first kappa shape index (κ1) is 17.0. The fourth-order valence-electron chi connectivity index (χ4n) is 2.29. The monoisotopic (exact) mass is 339 g/mol. The van der Waals surface area contributed by atoms with Crippen molar-refractivity contribution in [2.45, 2.75) is 38.8 Å². The van der Waals surface area contributed by atoms with Gasteiger partial charge in [0, 0.05) is 6.04 Å². The van der Waals surface area contributed by atoms with Gasteiger partial charge in [0.2, 0.25) is 0 Å². The number of carbonyl (C=O) groups excluding carboxylic acids is 2. The molecule has 1 heterocycles. The van der Waals surface area contributed by atoms with Crippen LogP contribution in [0, 0.1) is 0 Å². The molecule has 0 aliphatic heterocycles. The second-order valence-electron chi connectivity index (χ2n) is 6.27. The highest BCUT2D eigenvalue weighted by atomic mass is 16.5. The van der Waals surface area contributed by atoms with E-state index in [1.165, 1.54) is 0 Å². The maximum absolute atomic E-state index is 12.5. The van der Waals surface area contributed by atoms with E-state index in [2.05, 4.69) is 15.6 Å². The lowest BCUT2D eigenvalue weighted by Crippen LogP contribution is -2.27. The molecule has 1 aromatic heterocycles. The second-order valence-corrected chi connectivity index (χ2v) is 6.27. The van der Waals surface area contributed by atoms with Crippen LogP contribution in [0.2, 0.25) is 0 Å². The Kier molecular flexibility index (Phi) is 4.97. The number of hydrogen-bond acceptors (Lipinski definition) is 4. The van der Waals surface area contributed by atoms with E-state index < -0.39 is 0 Å². The zero-order valence-corrected chi connectivity index (χ0v) is 14.3. The van der Waals surface area contributed by atoms with Crippen molar-refractivity contribution in [3.05, 3.63) is 53.9 Å². The predicted molar refractivity (Wildman–Crippen MR) is 94.9 cm³/mol. The number of hydrogen-bond donors (Lipinski definition) is 2. The topological polar surface area (TPSA) is 80.3 Å². The van der Waals surface area contributed by atoms with Gasteiger partial charge in [-0.25, -0.2) is 4.98 Å². The smallest absolute Gasteiger partial charge is 0.274 e. The van der Waals surface area contributed by atoms with Crippen LogP contribution in [0.4, 0.5) is 5.69 Å². The van der Waals surface area contributed by atoms with Gasteiger partial charge in [-0.05, 0) is 51.0 Å². The van der Waals surface area contributed by atoms with Crippen LogP contribution in [0.15, 0.2) is 42.5 Å². The molecule has 0 atom stereocenters. The number of nitrogens with zero attached hydrogens (tertiary/aromatic N) is 1. The number of para-hydroxylation sites is 2. The zero-order chi connectivity index (χ0) is 17.8. The van der Waals surface area contributed by atoms with Gasteiger partial charge in [-0.2, -0.15) is 0 Å². The Bertz CT molecular complexity index is 785. The summed E-state index contributed by atoms with van der Waals surface area (Å²) in [7, 11) is 0. The molecule has 1 saturated carbocycles. The van der Waals surface area contributed by atoms with E-state index in [0.29, 0.717) is 11.4 Å². The summed E-state index contributed by atoms with van der Waals surface area (Å²) in [4.78, 5) is 28.8. The van der Waals surface area contributed by atoms with Crippen LogP contribution < -0.4 is 15.4 Å². The van der Waals surface area contributed by atoms with Crippen molar-refractivity contribution in [2.24, 2.45) is 0 Å². The summed E-state index contributed by atoms with van der Waals surface area (Å²) >= 11 is 0. The van der Waals surface area contributed by atoms with Gasteiger partial charge < -0.3 is 15.4 Å². The lowest BCUT2D eigenvalue weighted by atomic mass is 10.2. The van der Waals surface area contributed by atoms with Crippen molar-refractivity contribution in [3.8, 4) is 5.75 Å². The molecule has 6 heteroatoms. The standard InChI is InChI=1S/C19H21N3O3/c1-12(2)25-17-9-4-3-6-14(17)22-19(24)16-8-5-7-15(21-16)18(23)20-13-10-11-13/h3-9,12-13H,10-11H2,1-2H3,(H,20,23)(H,22,24). The number of carbonyl (C=O) groups is 2. The Morgan fingerprint density at radius 1 is 1.04 bits per heavy atom. The lowest BCUT2D eigenvalue weighted by molar-refractivity contribution is 0.0946. The van der Waals surface area contributed by atoms with Gasteiger partial charge in [0.25, 0.3) is 11.8 Å². The molecule has 0 saturated heterocycles. The number of pyridine rings is 1. The van der Waals surface area contributed by atoms with Crippen molar-refractivity contribution < 1.29 is 14.3 Å². The summed E-state index contributed by atoms with van der Waals surface area (Å²) in [6.07, 6.45) is 1.99. The Morgan fingerprint density at radius 3 is 2.40 bits per heavy atom. The van der Waals surface area contributed by atoms with Gasteiger partial charge in [0.05, 0.1) is 11.8 Å². The molecule has 1 aromatic carbocycles. The van der Waals surface area contributed by atoms with E-state index in [-0.39, 0.29) is 35.3 Å². The fourth-order valence-corrected chi connectivity index (χ4v) is 2.29. The molecule has 0 spiro atoms. The molecule has 1 aliphatic carbocycles. The van der Waals surface area contributed by atoms with E-state index in [9.17, 15) is 9.59 Å². The average molecular weight is 339 g/mol. The number of aromatic nitrogens is 1. The van der Waals surface area contributed by atoms with Gasteiger partial charge in [-0.3, -0.25) is 9.59 Å². The number of rotatable bonds is 6. The van der Waals surface area contributed by atoms with Crippen molar-refractivity contribution in [3.63, 3.8) is 0 Å². The molecule has 0 bridgehead atoms. The molecule has 6 nitrogen and oxygen atoms in total. The van der Waals surface area contributed by atoms with Crippen molar-refractivity contribution in [1.82, 2.24) is 10.3 Å². The second kappa shape index (κ2) is 7.34. The van der Waals surface area contributed by atoms with Gasteiger partial charge in [-0.15, -0.1) is 0 Å². The third-order valence-electron chi connectivity index (χ3n) is 3.62. The summed E-state index contributed by atoms with van der Waals surface area (Å²) in [6, 6.07) is 12.3. The van der Waals surface area contributed by atoms with Crippen LogP contribution in [0.5, 0.6) is 5.75 Å². The largest absolute Gasteiger partial charge is 0.489 e. The molecular weight excluding hydrogens is 318 g/mol. The molecule has 2 amide bonds. The Morgan fingerprint density at radius 2 is 1.72 bits per heavy atom. The minimum Gasteiger partial charge on any atom is -0.489 e. The summed E-state index contributed by atoms with van der Waals surface area (Å²) in [6.45, 7) is 3.84. The summed E-state index contributed by atoms with van der Waals surface area (Å²) in [5.41, 5.74) is 0.991. The molecule has 130 valence electrons. The van der Waals surface area contributed by atoms with Crippen molar-refractivity contribution >= 4 is 17.5 Å². The molecule has 0 unspecified atom stereocenters. The van der Waals surface area contributed by atoms with E-state index in [1.54, 1.807) is 30.3 Å². The first-order valence-corrected chi connectivity index (χ1v) is 8.38. The predicted octanol–water partition coefficient (Wildman–Crippen LogP) is 3.01. The first-order chi connectivity index (χ1) is 12.0. The zero-order valence-electron chi connectivity index (χ0n) is 14.3. The van der Waals surface area contributed by atoms with Crippen LogP contribution in [0.25, 0.3) is 0 Å². The van der Waals surface area contributed by atoms with Gasteiger partial charge in [0.15, 0.2) is 0 Å². The number of anilines is 1. The van der Waals surface area contributed by atoms with Gasteiger partial charge >= 0.3 is 0 Å². The molecule has 25 heavy (non-hydrogen) atoms. The van der Waals surface area contributed by atoms with Crippen LogP contribution in [0.3, 0.4) is 0 Å². The Labute approximate surface area is 146 Å². The molecule has 1 aliphatic rings. The number of nitrogens with one attached hydrogen (secondary N) is 2. The maximum atomic E-state index is 12.5. The number of amides is 2. The highest BCUT2D eigenvalue weighted by molar-refractivity contribution is 6.04. The van der Waals surface area contributed by atoms with Crippen molar-refractivity contribution in [1.29, 1.82) is 0 Å². The minimum absolute atomic E-state index is 0.00868. The Hall–Kier alpha value is -2.89. The molecule has 2 N–H and O–H groups in total. The Balaban J connectivity index is 1.74. The fraction of sp³-hybridized carbons (Fsp3) is 0.316. The first-order valence-electron chi connectivity index (χ1n) is 8.38. The molecule has 2 aromatic rings. The highest BCUT2D eigenvalue weighted by Gasteiger charge is 2.24. The van der Waals surface area contributed by atoms with Crippen molar-refractivity contribution in [2.75, 3.05) is 5.32 Å². The van der Waals surface area contributed by atoms with Crippen LogP contribution in [0.1, 0.15) is 47.7 Å². The summed E-state index contributed by atoms with van der Waals surface area (Å²) in [5.74, 6) is -0.0462. The lowest BCUT2D eigenvalue weighted by Gasteiger charge is -2.14. The van der Waals surface area contributed by atoms with E-state index in [4.69, 9.17) is 4.74 Å². The highest BCUT2D eigenvalue weighted by Crippen LogP contribution is 2.25. The van der Waals surface area contributed by atoms with Gasteiger partial charge in [0.1, 0.15) is 17.1 Å². The number of benzene rings is 1. The summed E-state index contributed by atoms with van der Waals surface area (Å²) < 4.78 is 5.70. The summed E-state index contributed by atoms with van der Waals surface area (Å²) in [5, 5.41) is 5.66. The maximum Gasteiger partial charge on any atom is 0.274 e. The van der Waals surface area contributed by atoms with E-state index in [1.807, 2.05) is 26.0 Å². The minimum atomic E-state index is -0.388. The third-order valence-corrected chi connectivity index (χ3v) is 3.62. The molecular formula is C19H21N3O3. The average Bonchev–Trinajstić information content (AvgIpc) is 3.40. The van der Waals surface area contributed by atoms with Crippen LogP contribution in [-0.2, 0) is 0 Å². The van der Waals surface area contributed by atoms with Crippen LogP contribution >= 0.6 is 0 Å². The third kappa shape index (κ3) is 4.56. The normalized spacial score (nSPS) is 13.4. The quantitative estimate of drug-likeness (QED) is 0.848. The van der Waals surface area contributed by atoms with Gasteiger partial charge in [-0.1, -0.05) is 18.2 Å². The molecule has 1 fully saturated rings. The number of ether oxygens (including phenoxy) is 1.